The highest BCUT2D eigenvalue weighted by Crippen LogP contribution is 2.33. The average molecular weight is 319 g/mol. The minimum Gasteiger partial charge on any atom is -0.379 e. The molecule has 0 bridgehead atoms. The standard InChI is InChI=1S/C14H14ClF3N2O/c15-7-13-19-11-6-9(14(16,17)18)3-4-12(11)20(13)10-2-1-5-21-8-10/h3-4,6,10H,1-2,5,7-8H2. The van der Waals surface area contributed by atoms with Crippen LogP contribution >= 0.6 is 11.6 Å². The number of aromatic nitrogens is 2. The van der Waals surface area contributed by atoms with E-state index in [4.69, 9.17) is 16.3 Å². The maximum Gasteiger partial charge on any atom is 0.416 e. The van der Waals surface area contributed by atoms with E-state index in [0.29, 0.717) is 23.5 Å². The molecule has 1 unspecified atom stereocenters. The maximum atomic E-state index is 12.8. The van der Waals surface area contributed by atoms with Gasteiger partial charge in [0.05, 0.1) is 35.1 Å². The summed E-state index contributed by atoms with van der Waals surface area (Å²) in [6.07, 6.45) is -2.53. The summed E-state index contributed by atoms with van der Waals surface area (Å²) in [7, 11) is 0. The largest absolute Gasteiger partial charge is 0.416 e. The summed E-state index contributed by atoms with van der Waals surface area (Å²) >= 11 is 5.91. The topological polar surface area (TPSA) is 27.1 Å². The highest BCUT2D eigenvalue weighted by atomic mass is 35.5. The molecule has 3 nitrogen and oxygen atoms in total. The first kappa shape index (κ1) is 14.7. The average Bonchev–Trinajstić information content (AvgIpc) is 2.84. The summed E-state index contributed by atoms with van der Waals surface area (Å²) in [5.41, 5.74) is 0.306. The number of halogens is 4. The number of benzene rings is 1. The fraction of sp³-hybridized carbons (Fsp3) is 0.500. The minimum atomic E-state index is -4.37. The molecule has 1 aliphatic rings. The number of hydrogen-bond donors (Lipinski definition) is 0. The molecule has 0 radical (unpaired) electrons. The van der Waals surface area contributed by atoms with E-state index in [1.54, 1.807) is 0 Å². The molecule has 0 spiro atoms. The molecule has 1 fully saturated rings. The summed E-state index contributed by atoms with van der Waals surface area (Å²) < 4.78 is 45.7. The Balaban J connectivity index is 2.10. The molecule has 1 aromatic heterocycles. The Kier molecular flexibility index (Phi) is 3.84. The second-order valence-corrected chi connectivity index (χ2v) is 5.37. The van der Waals surface area contributed by atoms with Crippen molar-refractivity contribution in [2.45, 2.75) is 30.9 Å². The molecule has 7 heteroatoms. The van der Waals surface area contributed by atoms with Crippen LogP contribution in [0.5, 0.6) is 0 Å². The number of fused-ring (bicyclic) bond motifs is 1. The second kappa shape index (κ2) is 5.50. The van der Waals surface area contributed by atoms with Crippen molar-refractivity contribution in [2.24, 2.45) is 0 Å². The molecule has 0 saturated carbocycles. The Morgan fingerprint density at radius 2 is 2.19 bits per heavy atom. The lowest BCUT2D eigenvalue weighted by atomic mass is 10.1. The molecule has 21 heavy (non-hydrogen) atoms. The van der Waals surface area contributed by atoms with E-state index in [0.717, 1.165) is 31.6 Å². The molecule has 1 aromatic carbocycles. The zero-order chi connectivity index (χ0) is 15.0. The third-order valence-electron chi connectivity index (χ3n) is 3.71. The minimum absolute atomic E-state index is 0.0780. The lowest BCUT2D eigenvalue weighted by Crippen LogP contribution is -2.22. The lowest BCUT2D eigenvalue weighted by Gasteiger charge is -2.25. The van der Waals surface area contributed by atoms with Crippen molar-refractivity contribution < 1.29 is 17.9 Å². The van der Waals surface area contributed by atoms with Gasteiger partial charge in [-0.2, -0.15) is 13.2 Å². The highest BCUT2D eigenvalue weighted by molar-refractivity contribution is 6.16. The zero-order valence-corrected chi connectivity index (χ0v) is 11.9. The van der Waals surface area contributed by atoms with Crippen LogP contribution in [0.4, 0.5) is 13.2 Å². The first-order chi connectivity index (χ1) is 10.0. The Hall–Kier alpha value is -1.27. The van der Waals surface area contributed by atoms with Gasteiger partial charge in [0.25, 0.3) is 0 Å². The van der Waals surface area contributed by atoms with E-state index in [1.807, 2.05) is 4.57 Å². The smallest absolute Gasteiger partial charge is 0.379 e. The predicted molar refractivity (Wildman–Crippen MR) is 73.4 cm³/mol. The van der Waals surface area contributed by atoms with E-state index < -0.39 is 11.7 Å². The normalized spacial score (nSPS) is 20.1. The summed E-state index contributed by atoms with van der Waals surface area (Å²) in [5, 5.41) is 0. The molecule has 0 amide bonds. The van der Waals surface area contributed by atoms with Crippen LogP contribution < -0.4 is 0 Å². The third-order valence-corrected chi connectivity index (χ3v) is 3.95. The van der Waals surface area contributed by atoms with E-state index in [9.17, 15) is 13.2 Å². The maximum absolute atomic E-state index is 12.8. The highest BCUT2D eigenvalue weighted by Gasteiger charge is 2.31. The Morgan fingerprint density at radius 1 is 1.38 bits per heavy atom. The lowest BCUT2D eigenvalue weighted by molar-refractivity contribution is -0.137. The van der Waals surface area contributed by atoms with Crippen LogP contribution in [0.15, 0.2) is 18.2 Å². The molecule has 0 aliphatic carbocycles. The molecule has 114 valence electrons. The van der Waals surface area contributed by atoms with Gasteiger partial charge >= 0.3 is 6.18 Å². The van der Waals surface area contributed by atoms with Crippen LogP contribution in [-0.2, 0) is 16.8 Å². The summed E-state index contributed by atoms with van der Waals surface area (Å²) in [6, 6.07) is 3.71. The Labute approximate surface area is 124 Å². The third kappa shape index (κ3) is 2.74. The summed E-state index contributed by atoms with van der Waals surface area (Å²) in [6.45, 7) is 1.26. The number of imidazole rings is 1. The van der Waals surface area contributed by atoms with Crippen molar-refractivity contribution in [3.05, 3.63) is 29.6 Å². The van der Waals surface area contributed by atoms with Crippen LogP contribution in [0.1, 0.15) is 30.3 Å². The molecular formula is C14H14ClF3N2O. The van der Waals surface area contributed by atoms with Gasteiger partial charge in [0.2, 0.25) is 0 Å². The molecular weight excluding hydrogens is 305 g/mol. The predicted octanol–water partition coefficient (Wildman–Crippen LogP) is 4.15. The van der Waals surface area contributed by atoms with E-state index in [2.05, 4.69) is 4.98 Å². The number of hydrogen-bond acceptors (Lipinski definition) is 2. The van der Waals surface area contributed by atoms with Crippen molar-refractivity contribution in [1.29, 1.82) is 0 Å². The second-order valence-electron chi connectivity index (χ2n) is 5.10. The van der Waals surface area contributed by atoms with E-state index in [-0.39, 0.29) is 11.9 Å². The summed E-state index contributed by atoms with van der Waals surface area (Å²) in [4.78, 5) is 4.26. The van der Waals surface area contributed by atoms with Crippen molar-refractivity contribution in [1.82, 2.24) is 9.55 Å². The van der Waals surface area contributed by atoms with Crippen LogP contribution in [0.3, 0.4) is 0 Å². The van der Waals surface area contributed by atoms with Gasteiger partial charge in [0, 0.05) is 6.61 Å². The van der Waals surface area contributed by atoms with Crippen LogP contribution in [0, 0.1) is 0 Å². The fourth-order valence-electron chi connectivity index (χ4n) is 2.75. The number of rotatable bonds is 2. The first-order valence-corrected chi connectivity index (χ1v) is 7.26. The number of alkyl halides is 4. The van der Waals surface area contributed by atoms with Gasteiger partial charge in [-0.1, -0.05) is 0 Å². The van der Waals surface area contributed by atoms with Gasteiger partial charge in [-0.05, 0) is 31.0 Å². The van der Waals surface area contributed by atoms with Crippen LogP contribution in [-0.4, -0.2) is 22.8 Å². The molecule has 0 N–H and O–H groups in total. The molecule has 3 rings (SSSR count). The molecule has 1 atom stereocenters. The first-order valence-electron chi connectivity index (χ1n) is 6.72. The van der Waals surface area contributed by atoms with Gasteiger partial charge in [-0.15, -0.1) is 11.6 Å². The van der Waals surface area contributed by atoms with Crippen molar-refractivity contribution in [2.75, 3.05) is 13.2 Å². The van der Waals surface area contributed by atoms with Gasteiger partial charge < -0.3 is 9.30 Å². The van der Waals surface area contributed by atoms with Gasteiger partial charge in [-0.3, -0.25) is 0 Å². The molecule has 2 aromatic rings. The number of nitrogens with zero attached hydrogens (tertiary/aromatic N) is 2. The van der Waals surface area contributed by atoms with Crippen LogP contribution in [0.25, 0.3) is 11.0 Å². The quantitative estimate of drug-likeness (QED) is 0.778. The fourth-order valence-corrected chi connectivity index (χ4v) is 2.94. The van der Waals surface area contributed by atoms with Crippen molar-refractivity contribution >= 4 is 22.6 Å². The van der Waals surface area contributed by atoms with Crippen LogP contribution in [0.2, 0.25) is 0 Å². The Bertz CT molecular complexity index is 647. The molecule has 1 aliphatic heterocycles. The summed E-state index contributed by atoms with van der Waals surface area (Å²) in [5.74, 6) is 0.744. The van der Waals surface area contributed by atoms with Gasteiger partial charge in [0.1, 0.15) is 5.82 Å². The Morgan fingerprint density at radius 3 is 2.81 bits per heavy atom. The van der Waals surface area contributed by atoms with Gasteiger partial charge in [0.15, 0.2) is 0 Å². The zero-order valence-electron chi connectivity index (χ0n) is 11.2. The van der Waals surface area contributed by atoms with E-state index >= 15 is 0 Å². The van der Waals surface area contributed by atoms with Crippen molar-refractivity contribution in [3.8, 4) is 0 Å². The number of ether oxygens (including phenoxy) is 1. The SMILES string of the molecule is FC(F)(F)c1ccc2c(c1)nc(CCl)n2C1CCCOC1. The van der Waals surface area contributed by atoms with Gasteiger partial charge in [-0.25, -0.2) is 4.98 Å². The van der Waals surface area contributed by atoms with E-state index in [1.165, 1.54) is 6.07 Å². The monoisotopic (exact) mass is 318 g/mol. The van der Waals surface area contributed by atoms with Crippen molar-refractivity contribution in [3.63, 3.8) is 0 Å². The molecule has 1 saturated heterocycles. The molecule has 2 heterocycles.